The van der Waals surface area contributed by atoms with Crippen LogP contribution in [0.25, 0.3) is 0 Å². The molecule has 0 aliphatic carbocycles. The van der Waals surface area contributed by atoms with E-state index in [4.69, 9.17) is 0 Å². The number of nitrogens with one attached hydrogen (secondary N) is 3. The number of rotatable bonds is 7. The van der Waals surface area contributed by atoms with Crippen LogP contribution in [0.5, 0.6) is 0 Å². The zero-order valence-electron chi connectivity index (χ0n) is 11.9. The quantitative estimate of drug-likeness (QED) is 0.666. The third kappa shape index (κ3) is 7.14. The van der Waals surface area contributed by atoms with E-state index in [9.17, 15) is 14.0 Å². The van der Waals surface area contributed by atoms with Gasteiger partial charge in [-0.3, -0.25) is 0 Å². The molecule has 0 saturated carbocycles. The topological polar surface area (TPSA) is 79.5 Å². The van der Waals surface area contributed by atoms with Gasteiger partial charge in [-0.05, 0) is 25.0 Å². The van der Waals surface area contributed by atoms with Gasteiger partial charge >= 0.3 is 12.1 Å². The molecular formula is C14H20FN3O3. The van der Waals surface area contributed by atoms with Crippen molar-refractivity contribution in [1.29, 1.82) is 0 Å². The molecule has 0 unspecified atom stereocenters. The molecule has 1 aromatic rings. The van der Waals surface area contributed by atoms with Crippen LogP contribution in [0.4, 0.5) is 14.0 Å². The number of amides is 3. The third-order valence-corrected chi connectivity index (χ3v) is 2.59. The van der Waals surface area contributed by atoms with E-state index in [0.29, 0.717) is 25.1 Å². The second kappa shape index (κ2) is 9.57. The fraction of sp³-hybridized carbons (Fsp3) is 0.429. The first kappa shape index (κ1) is 16.7. The fourth-order valence-corrected chi connectivity index (χ4v) is 1.60. The van der Waals surface area contributed by atoms with Crippen LogP contribution in [0.3, 0.4) is 0 Å². The largest absolute Gasteiger partial charge is 0.450 e. The highest BCUT2D eigenvalue weighted by Crippen LogP contribution is 2.05. The number of halogens is 1. The van der Waals surface area contributed by atoms with Crippen molar-refractivity contribution in [3.8, 4) is 0 Å². The van der Waals surface area contributed by atoms with E-state index < -0.39 is 6.09 Å². The Labute approximate surface area is 123 Å². The third-order valence-electron chi connectivity index (χ3n) is 2.59. The van der Waals surface area contributed by atoms with E-state index in [1.165, 1.54) is 6.07 Å². The minimum Gasteiger partial charge on any atom is -0.450 e. The number of carbonyl (C=O) groups is 2. The van der Waals surface area contributed by atoms with Crippen LogP contribution in [0, 0.1) is 5.82 Å². The van der Waals surface area contributed by atoms with Crippen LogP contribution in [0.15, 0.2) is 24.3 Å². The Morgan fingerprint density at radius 1 is 1.10 bits per heavy atom. The number of alkyl carbamates (subject to hydrolysis) is 1. The maximum atomic E-state index is 13.3. The van der Waals surface area contributed by atoms with Crippen molar-refractivity contribution in [2.24, 2.45) is 0 Å². The molecule has 0 radical (unpaired) electrons. The Balaban J connectivity index is 2.09. The molecule has 0 aliphatic heterocycles. The van der Waals surface area contributed by atoms with Gasteiger partial charge in [0, 0.05) is 19.6 Å². The summed E-state index contributed by atoms with van der Waals surface area (Å²) >= 11 is 0. The van der Waals surface area contributed by atoms with Crippen molar-refractivity contribution in [3.05, 3.63) is 35.6 Å². The van der Waals surface area contributed by atoms with Crippen LogP contribution in [-0.4, -0.2) is 38.4 Å². The van der Waals surface area contributed by atoms with Gasteiger partial charge in [0.25, 0.3) is 0 Å². The molecule has 7 heteroatoms. The summed E-state index contributed by atoms with van der Waals surface area (Å²) in [5.74, 6) is -0.279. The molecule has 0 fully saturated rings. The van der Waals surface area contributed by atoms with E-state index in [1.807, 2.05) is 0 Å². The highest BCUT2D eigenvalue weighted by molar-refractivity contribution is 5.74. The molecule has 0 aromatic heterocycles. The minimum atomic E-state index is -0.515. The summed E-state index contributed by atoms with van der Waals surface area (Å²) in [6, 6.07) is 6.07. The lowest BCUT2D eigenvalue weighted by Gasteiger charge is -2.09. The van der Waals surface area contributed by atoms with Gasteiger partial charge in [0.15, 0.2) is 0 Å². The highest BCUT2D eigenvalue weighted by Gasteiger charge is 2.03. The van der Waals surface area contributed by atoms with Crippen LogP contribution in [0.2, 0.25) is 0 Å². The van der Waals surface area contributed by atoms with E-state index in [2.05, 4.69) is 20.7 Å². The number of benzene rings is 1. The van der Waals surface area contributed by atoms with Crippen LogP contribution in [0.1, 0.15) is 12.5 Å². The van der Waals surface area contributed by atoms with Gasteiger partial charge in [-0.25, -0.2) is 14.0 Å². The highest BCUT2D eigenvalue weighted by atomic mass is 19.1. The summed E-state index contributed by atoms with van der Waals surface area (Å²) in [5, 5.41) is 7.65. The molecule has 0 bridgehead atoms. The summed E-state index contributed by atoms with van der Waals surface area (Å²) in [4.78, 5) is 22.4. The number of hydrogen-bond acceptors (Lipinski definition) is 3. The summed E-state index contributed by atoms with van der Waals surface area (Å²) in [6.07, 6.45) is -0.0967. The monoisotopic (exact) mass is 297 g/mol. The normalized spacial score (nSPS) is 9.81. The second-order valence-electron chi connectivity index (χ2n) is 4.17. The molecular weight excluding hydrogens is 277 g/mol. The molecule has 21 heavy (non-hydrogen) atoms. The molecule has 1 rings (SSSR count). The minimum absolute atomic E-state index is 0.277. The van der Waals surface area contributed by atoms with Crippen LogP contribution >= 0.6 is 0 Å². The lowest BCUT2D eigenvalue weighted by atomic mass is 10.1. The van der Waals surface area contributed by atoms with Crippen molar-refractivity contribution >= 4 is 12.1 Å². The predicted octanol–water partition coefficient (Wildman–Crippen LogP) is 1.41. The molecule has 6 nitrogen and oxygen atoms in total. The van der Waals surface area contributed by atoms with Gasteiger partial charge in [-0.2, -0.15) is 0 Å². The second-order valence-corrected chi connectivity index (χ2v) is 4.17. The number of carbonyl (C=O) groups excluding carboxylic acids is 2. The first-order chi connectivity index (χ1) is 10.1. The zero-order chi connectivity index (χ0) is 15.5. The Morgan fingerprint density at radius 2 is 1.76 bits per heavy atom. The molecule has 116 valence electrons. The Hall–Kier alpha value is -2.31. The fourth-order valence-electron chi connectivity index (χ4n) is 1.60. The van der Waals surface area contributed by atoms with E-state index in [0.717, 1.165) is 0 Å². The standard InChI is InChI=1S/C14H20FN3O3/c1-2-21-14(20)18-10-9-17-13(19)16-8-7-11-5-3-4-6-12(11)15/h3-6H,2,7-10H2,1H3,(H,18,20)(H2,16,17,19). The Kier molecular flexibility index (Phi) is 7.63. The summed E-state index contributed by atoms with van der Waals surface area (Å²) < 4.78 is 18.0. The lowest BCUT2D eigenvalue weighted by Crippen LogP contribution is -2.41. The van der Waals surface area contributed by atoms with Crippen molar-refractivity contribution in [1.82, 2.24) is 16.0 Å². The molecule has 0 atom stereocenters. The van der Waals surface area contributed by atoms with Crippen molar-refractivity contribution in [3.63, 3.8) is 0 Å². The molecule has 1 aromatic carbocycles. The molecule has 0 spiro atoms. The van der Waals surface area contributed by atoms with Gasteiger partial charge in [0.05, 0.1) is 6.61 Å². The zero-order valence-corrected chi connectivity index (χ0v) is 11.9. The molecule has 3 N–H and O–H groups in total. The molecule has 0 heterocycles. The Bertz CT molecular complexity index is 469. The maximum Gasteiger partial charge on any atom is 0.407 e. The van der Waals surface area contributed by atoms with E-state index >= 15 is 0 Å². The van der Waals surface area contributed by atoms with Gasteiger partial charge in [0.1, 0.15) is 5.82 Å². The summed E-state index contributed by atoms with van der Waals surface area (Å²) in [7, 11) is 0. The van der Waals surface area contributed by atoms with Crippen LogP contribution < -0.4 is 16.0 Å². The van der Waals surface area contributed by atoms with Gasteiger partial charge in [-0.15, -0.1) is 0 Å². The molecule has 0 aliphatic rings. The Morgan fingerprint density at radius 3 is 2.48 bits per heavy atom. The number of ether oxygens (including phenoxy) is 1. The van der Waals surface area contributed by atoms with E-state index in [-0.39, 0.29) is 24.9 Å². The van der Waals surface area contributed by atoms with Crippen molar-refractivity contribution in [2.75, 3.05) is 26.2 Å². The first-order valence-corrected chi connectivity index (χ1v) is 6.79. The van der Waals surface area contributed by atoms with Gasteiger partial charge < -0.3 is 20.7 Å². The van der Waals surface area contributed by atoms with Gasteiger partial charge in [0.2, 0.25) is 0 Å². The first-order valence-electron chi connectivity index (χ1n) is 6.79. The predicted molar refractivity (Wildman–Crippen MR) is 76.5 cm³/mol. The van der Waals surface area contributed by atoms with Crippen molar-refractivity contribution < 1.29 is 18.7 Å². The smallest absolute Gasteiger partial charge is 0.407 e. The molecule has 0 saturated heterocycles. The maximum absolute atomic E-state index is 13.3. The summed E-state index contributed by atoms with van der Waals surface area (Å²) in [6.45, 7) is 2.90. The average Bonchev–Trinajstić information content (AvgIpc) is 2.46. The number of urea groups is 1. The lowest BCUT2D eigenvalue weighted by molar-refractivity contribution is 0.152. The van der Waals surface area contributed by atoms with Crippen LogP contribution in [-0.2, 0) is 11.2 Å². The summed E-state index contributed by atoms with van der Waals surface area (Å²) in [5.41, 5.74) is 0.557. The number of hydrogen-bond donors (Lipinski definition) is 3. The average molecular weight is 297 g/mol. The van der Waals surface area contributed by atoms with Gasteiger partial charge in [-0.1, -0.05) is 18.2 Å². The van der Waals surface area contributed by atoms with Crippen molar-refractivity contribution in [2.45, 2.75) is 13.3 Å². The SMILES string of the molecule is CCOC(=O)NCCNC(=O)NCCc1ccccc1F. The van der Waals surface area contributed by atoms with E-state index in [1.54, 1.807) is 25.1 Å². The molecule has 3 amide bonds.